The minimum atomic E-state index is -0.150. The Bertz CT molecular complexity index is 302. The van der Waals surface area contributed by atoms with Crippen molar-refractivity contribution >= 4 is 22.9 Å². The van der Waals surface area contributed by atoms with Crippen molar-refractivity contribution in [2.75, 3.05) is 13.1 Å². The number of aliphatic hydroxyl groups excluding tert-OH is 1. The summed E-state index contributed by atoms with van der Waals surface area (Å²) in [6, 6.07) is 1.93. The van der Waals surface area contributed by atoms with Crippen molar-refractivity contribution in [3.63, 3.8) is 0 Å². The molecule has 1 saturated heterocycles. The number of halogens is 1. The molecule has 78 valence electrons. The van der Waals surface area contributed by atoms with Crippen LogP contribution in [0.25, 0.3) is 0 Å². The minimum Gasteiger partial charge on any atom is -0.392 e. The Balaban J connectivity index is 1.94. The fourth-order valence-corrected chi connectivity index (χ4v) is 2.95. The van der Waals surface area contributed by atoms with Gasteiger partial charge in [0.1, 0.15) is 0 Å². The average molecular weight is 232 g/mol. The van der Waals surface area contributed by atoms with Crippen LogP contribution in [0.1, 0.15) is 17.7 Å². The second-order valence-electron chi connectivity index (χ2n) is 3.72. The summed E-state index contributed by atoms with van der Waals surface area (Å²) in [6.45, 7) is 2.74. The predicted octanol–water partition coefficient (Wildman–Crippen LogP) is 2.36. The van der Waals surface area contributed by atoms with E-state index in [0.29, 0.717) is 0 Å². The molecule has 0 amide bonds. The zero-order valence-corrected chi connectivity index (χ0v) is 9.52. The van der Waals surface area contributed by atoms with Gasteiger partial charge in [-0.1, -0.05) is 11.6 Å². The topological polar surface area (TPSA) is 23.5 Å². The highest BCUT2D eigenvalue weighted by molar-refractivity contribution is 7.10. The van der Waals surface area contributed by atoms with E-state index in [1.54, 1.807) is 11.3 Å². The molecule has 1 fully saturated rings. The second kappa shape index (κ2) is 4.62. The molecule has 0 bridgehead atoms. The maximum absolute atomic E-state index is 9.51. The summed E-state index contributed by atoms with van der Waals surface area (Å²) in [5.74, 6) is 0. The quantitative estimate of drug-likeness (QED) is 0.845. The van der Waals surface area contributed by atoms with Gasteiger partial charge in [-0.3, -0.25) is 4.90 Å². The van der Waals surface area contributed by atoms with E-state index in [1.807, 2.05) is 11.4 Å². The molecule has 1 aliphatic heterocycles. The van der Waals surface area contributed by atoms with Crippen molar-refractivity contribution in [3.8, 4) is 0 Å². The number of nitrogens with zero attached hydrogens (tertiary/aromatic N) is 1. The summed E-state index contributed by atoms with van der Waals surface area (Å²) in [4.78, 5) is 3.48. The molecule has 2 rings (SSSR count). The lowest BCUT2D eigenvalue weighted by Gasteiger charge is -2.29. The molecule has 1 aromatic heterocycles. The first-order valence-corrected chi connectivity index (χ1v) is 6.14. The molecule has 1 unspecified atom stereocenters. The maximum Gasteiger partial charge on any atom is 0.0667 e. The lowest BCUT2D eigenvalue weighted by atomic mass is 10.1. The Kier molecular flexibility index (Phi) is 3.44. The smallest absolute Gasteiger partial charge is 0.0667 e. The first-order chi connectivity index (χ1) is 6.75. The van der Waals surface area contributed by atoms with Gasteiger partial charge < -0.3 is 5.11 Å². The minimum absolute atomic E-state index is 0.150. The highest BCUT2D eigenvalue weighted by Crippen LogP contribution is 2.24. The molecule has 1 aliphatic rings. The normalized spacial score (nSPS) is 24.0. The van der Waals surface area contributed by atoms with Crippen molar-refractivity contribution in [1.29, 1.82) is 0 Å². The molecule has 0 saturated carbocycles. The van der Waals surface area contributed by atoms with Gasteiger partial charge in [-0.15, -0.1) is 11.3 Å². The van der Waals surface area contributed by atoms with E-state index in [9.17, 15) is 5.11 Å². The van der Waals surface area contributed by atoms with Crippen LogP contribution in [-0.2, 0) is 6.54 Å². The zero-order valence-electron chi connectivity index (χ0n) is 7.95. The number of hydrogen-bond acceptors (Lipinski definition) is 3. The van der Waals surface area contributed by atoms with Crippen molar-refractivity contribution < 1.29 is 5.11 Å². The van der Waals surface area contributed by atoms with Gasteiger partial charge in [-0.05, 0) is 30.8 Å². The Hall–Kier alpha value is -0.0900. The van der Waals surface area contributed by atoms with Crippen LogP contribution in [0.4, 0.5) is 0 Å². The largest absolute Gasteiger partial charge is 0.392 e. The fourth-order valence-electron chi connectivity index (χ4n) is 1.82. The molecule has 0 aliphatic carbocycles. The Labute approximate surface area is 93.1 Å². The van der Waals surface area contributed by atoms with E-state index in [2.05, 4.69) is 4.90 Å². The van der Waals surface area contributed by atoms with E-state index < -0.39 is 0 Å². The number of thiophene rings is 1. The molecule has 0 aromatic carbocycles. The third-order valence-corrected chi connectivity index (χ3v) is 3.91. The summed E-state index contributed by atoms with van der Waals surface area (Å²) in [7, 11) is 0. The van der Waals surface area contributed by atoms with Crippen LogP contribution in [0, 0.1) is 0 Å². The van der Waals surface area contributed by atoms with Gasteiger partial charge in [-0.2, -0.15) is 0 Å². The predicted molar refractivity (Wildman–Crippen MR) is 59.8 cm³/mol. The Morgan fingerprint density at radius 2 is 2.50 bits per heavy atom. The van der Waals surface area contributed by atoms with Gasteiger partial charge >= 0.3 is 0 Å². The number of β-amino-alcohol motifs (C(OH)–C–C–N with tert-alkyl or cyclic N) is 1. The van der Waals surface area contributed by atoms with E-state index in [0.717, 1.165) is 37.5 Å². The SMILES string of the molecule is OC1CCCN(Cc2sccc2Cl)C1. The number of aliphatic hydroxyl groups is 1. The molecular weight excluding hydrogens is 218 g/mol. The lowest BCUT2D eigenvalue weighted by Crippen LogP contribution is -2.37. The highest BCUT2D eigenvalue weighted by atomic mass is 35.5. The first kappa shape index (κ1) is 10.4. The maximum atomic E-state index is 9.51. The van der Waals surface area contributed by atoms with Crippen molar-refractivity contribution in [2.45, 2.75) is 25.5 Å². The van der Waals surface area contributed by atoms with E-state index in [4.69, 9.17) is 11.6 Å². The van der Waals surface area contributed by atoms with E-state index in [1.165, 1.54) is 4.88 Å². The van der Waals surface area contributed by atoms with Crippen molar-refractivity contribution in [1.82, 2.24) is 4.90 Å². The molecule has 2 heterocycles. The first-order valence-electron chi connectivity index (χ1n) is 4.88. The van der Waals surface area contributed by atoms with E-state index in [-0.39, 0.29) is 6.10 Å². The molecule has 1 N–H and O–H groups in total. The number of hydrogen-bond donors (Lipinski definition) is 1. The third kappa shape index (κ3) is 2.48. The number of rotatable bonds is 2. The fraction of sp³-hybridized carbons (Fsp3) is 0.600. The average Bonchev–Trinajstić information content (AvgIpc) is 2.52. The van der Waals surface area contributed by atoms with Crippen LogP contribution in [0.3, 0.4) is 0 Å². The van der Waals surface area contributed by atoms with Gasteiger partial charge in [0.25, 0.3) is 0 Å². The highest BCUT2D eigenvalue weighted by Gasteiger charge is 2.18. The van der Waals surface area contributed by atoms with Crippen LogP contribution in [0.15, 0.2) is 11.4 Å². The molecule has 0 spiro atoms. The second-order valence-corrected chi connectivity index (χ2v) is 5.13. The third-order valence-electron chi connectivity index (χ3n) is 2.54. The van der Waals surface area contributed by atoms with Crippen LogP contribution < -0.4 is 0 Å². The summed E-state index contributed by atoms with van der Waals surface area (Å²) < 4.78 is 0. The van der Waals surface area contributed by atoms with E-state index >= 15 is 0 Å². The molecule has 1 aromatic rings. The molecule has 0 radical (unpaired) electrons. The van der Waals surface area contributed by atoms with Gasteiger partial charge in [0.05, 0.1) is 11.1 Å². The van der Waals surface area contributed by atoms with Gasteiger partial charge in [-0.25, -0.2) is 0 Å². The van der Waals surface area contributed by atoms with Gasteiger partial charge in [0, 0.05) is 18.0 Å². The zero-order chi connectivity index (χ0) is 9.97. The van der Waals surface area contributed by atoms with Gasteiger partial charge in [0.2, 0.25) is 0 Å². The molecule has 4 heteroatoms. The van der Waals surface area contributed by atoms with Crippen LogP contribution in [0.5, 0.6) is 0 Å². The Morgan fingerprint density at radius 1 is 1.64 bits per heavy atom. The summed E-state index contributed by atoms with van der Waals surface area (Å²) in [6.07, 6.45) is 1.88. The summed E-state index contributed by atoms with van der Waals surface area (Å²) in [5.41, 5.74) is 0. The standard InChI is InChI=1S/C10H14ClNOS/c11-9-3-5-14-10(9)7-12-4-1-2-8(13)6-12/h3,5,8,13H,1-2,4,6-7H2. The number of likely N-dealkylation sites (tertiary alicyclic amines) is 1. The number of piperidine rings is 1. The summed E-state index contributed by atoms with van der Waals surface area (Å²) in [5, 5.41) is 12.4. The molecular formula is C10H14ClNOS. The molecule has 2 nitrogen and oxygen atoms in total. The molecule has 14 heavy (non-hydrogen) atoms. The van der Waals surface area contributed by atoms with Crippen LogP contribution in [-0.4, -0.2) is 29.2 Å². The van der Waals surface area contributed by atoms with Crippen LogP contribution in [0.2, 0.25) is 5.02 Å². The monoisotopic (exact) mass is 231 g/mol. The van der Waals surface area contributed by atoms with Gasteiger partial charge in [0.15, 0.2) is 0 Å². The van der Waals surface area contributed by atoms with Crippen molar-refractivity contribution in [3.05, 3.63) is 21.3 Å². The summed E-state index contributed by atoms with van der Waals surface area (Å²) >= 11 is 7.71. The van der Waals surface area contributed by atoms with Crippen molar-refractivity contribution in [2.24, 2.45) is 0 Å². The van der Waals surface area contributed by atoms with Crippen LogP contribution >= 0.6 is 22.9 Å². The lowest BCUT2D eigenvalue weighted by molar-refractivity contribution is 0.0674. The Morgan fingerprint density at radius 3 is 3.14 bits per heavy atom. The molecule has 1 atom stereocenters.